The van der Waals surface area contributed by atoms with E-state index in [4.69, 9.17) is 39.9 Å². The zero-order valence-corrected chi connectivity index (χ0v) is 47.4. The molecule has 3 aliphatic carbocycles. The lowest BCUT2D eigenvalue weighted by molar-refractivity contribution is 0.755. The van der Waals surface area contributed by atoms with E-state index >= 15 is 0 Å². The highest BCUT2D eigenvalue weighted by molar-refractivity contribution is 5.95. The molecule has 0 N–H and O–H groups in total. The summed E-state index contributed by atoms with van der Waals surface area (Å²) in [5, 5.41) is 2.04. The van der Waals surface area contributed by atoms with Crippen molar-refractivity contribution in [3.63, 3.8) is 0 Å². The third-order valence-electron chi connectivity index (χ3n) is 17.3. The molecule has 0 saturated heterocycles. The van der Waals surface area contributed by atoms with Crippen LogP contribution in [-0.2, 0) is 0 Å². The predicted octanol–water partition coefficient (Wildman–Crippen LogP) is 18.8. The lowest BCUT2D eigenvalue weighted by Gasteiger charge is -2.42. The van der Waals surface area contributed by atoms with E-state index in [9.17, 15) is 0 Å². The van der Waals surface area contributed by atoms with Gasteiger partial charge < -0.3 is 0 Å². The SMILES string of the molecule is c1ccc(-c2nc(-c3ccc(-c4nc(-c5ccccc5)c5ccccc5n4)cc3)cc(-c3ccc4c(c3)C3c5ccccc5C4c4cc(-c5cc(-c6ccc(-c7nc(-c8ccccc8)c8ccccc8n7)cc6)nc(-c6ccccc6)n5)ccc43)n2)cc1. The molecule has 0 spiro atoms. The average Bonchev–Trinajstić information content (AvgIpc) is 0.838. The van der Waals surface area contributed by atoms with E-state index in [0.717, 1.165) is 112 Å². The molecule has 410 valence electrons. The summed E-state index contributed by atoms with van der Waals surface area (Å²) < 4.78 is 0. The van der Waals surface area contributed by atoms with Crippen LogP contribution in [0.4, 0.5) is 0 Å². The van der Waals surface area contributed by atoms with Crippen LogP contribution in [0.2, 0.25) is 0 Å². The summed E-state index contributed by atoms with van der Waals surface area (Å²) >= 11 is 0. The highest BCUT2D eigenvalue weighted by Gasteiger charge is 2.41. The molecule has 11 aromatic carbocycles. The first kappa shape index (κ1) is 50.7. The minimum atomic E-state index is 0.0112. The van der Waals surface area contributed by atoms with Crippen LogP contribution in [0.1, 0.15) is 45.2 Å². The summed E-state index contributed by atoms with van der Waals surface area (Å²) in [6.07, 6.45) is 0. The molecule has 0 fully saturated rings. The number of para-hydroxylation sites is 2. The molecule has 2 bridgehead atoms. The molecule has 3 aliphatic rings. The lowest BCUT2D eigenvalue weighted by Crippen LogP contribution is -2.27. The van der Waals surface area contributed by atoms with Crippen molar-refractivity contribution in [2.75, 3.05) is 0 Å². The Morgan fingerprint density at radius 2 is 0.466 bits per heavy atom. The van der Waals surface area contributed by atoms with Crippen molar-refractivity contribution in [2.45, 2.75) is 11.8 Å². The number of fused-ring (bicyclic) bond motifs is 2. The van der Waals surface area contributed by atoms with Crippen LogP contribution >= 0.6 is 0 Å². The van der Waals surface area contributed by atoms with Gasteiger partial charge in [-0.15, -0.1) is 0 Å². The first-order chi connectivity index (χ1) is 43.6. The van der Waals surface area contributed by atoms with Gasteiger partial charge in [0.2, 0.25) is 0 Å². The Bertz CT molecular complexity index is 4870. The van der Waals surface area contributed by atoms with E-state index in [2.05, 4.69) is 194 Å². The maximum absolute atomic E-state index is 5.33. The number of rotatable bonds is 10. The highest BCUT2D eigenvalue weighted by Crippen LogP contribution is 2.57. The van der Waals surface area contributed by atoms with Gasteiger partial charge in [-0.05, 0) is 69.8 Å². The number of nitrogens with zero attached hydrogens (tertiary/aromatic N) is 8. The highest BCUT2D eigenvalue weighted by atomic mass is 14.9. The normalized spacial score (nSPS) is 13.7. The number of hydrogen-bond donors (Lipinski definition) is 0. The first-order valence-corrected chi connectivity index (χ1v) is 29.7. The van der Waals surface area contributed by atoms with E-state index in [-0.39, 0.29) is 11.8 Å². The fourth-order valence-electron chi connectivity index (χ4n) is 13.1. The molecular weight excluding hydrogens is 1070 g/mol. The van der Waals surface area contributed by atoms with Gasteiger partial charge in [-0.2, -0.15) is 0 Å². The van der Waals surface area contributed by atoms with E-state index < -0.39 is 0 Å². The van der Waals surface area contributed by atoms with Gasteiger partial charge in [0, 0.05) is 78.2 Å². The minimum Gasteiger partial charge on any atom is -0.228 e. The summed E-state index contributed by atoms with van der Waals surface area (Å²) in [6, 6.07) is 102. The quantitative estimate of drug-likeness (QED) is 0.133. The molecule has 4 heterocycles. The molecule has 18 rings (SSSR count). The fraction of sp³-hybridized carbons (Fsp3) is 0.0250. The third-order valence-corrected chi connectivity index (χ3v) is 17.3. The van der Waals surface area contributed by atoms with Gasteiger partial charge in [0.1, 0.15) is 0 Å². The first-order valence-electron chi connectivity index (χ1n) is 29.7. The van der Waals surface area contributed by atoms with Gasteiger partial charge >= 0.3 is 0 Å². The van der Waals surface area contributed by atoms with E-state index in [1.165, 1.54) is 33.4 Å². The Balaban J connectivity index is 0.727. The van der Waals surface area contributed by atoms with Crippen molar-refractivity contribution in [3.05, 3.63) is 325 Å². The van der Waals surface area contributed by atoms with Crippen LogP contribution in [0, 0.1) is 0 Å². The van der Waals surface area contributed by atoms with Gasteiger partial charge in [-0.1, -0.05) is 255 Å². The number of benzene rings is 11. The van der Waals surface area contributed by atoms with Crippen LogP contribution in [0.3, 0.4) is 0 Å². The predicted molar refractivity (Wildman–Crippen MR) is 353 cm³/mol. The van der Waals surface area contributed by atoms with Gasteiger partial charge in [0.25, 0.3) is 0 Å². The molecule has 0 amide bonds. The zero-order chi connectivity index (χ0) is 58.1. The van der Waals surface area contributed by atoms with Crippen molar-refractivity contribution in [3.8, 4) is 113 Å². The zero-order valence-electron chi connectivity index (χ0n) is 47.4. The Morgan fingerprint density at radius 3 is 0.864 bits per heavy atom. The van der Waals surface area contributed by atoms with Gasteiger partial charge in [0.15, 0.2) is 23.3 Å². The van der Waals surface area contributed by atoms with Crippen LogP contribution < -0.4 is 0 Å². The van der Waals surface area contributed by atoms with Crippen molar-refractivity contribution < 1.29 is 0 Å². The van der Waals surface area contributed by atoms with E-state index in [0.29, 0.717) is 23.3 Å². The Morgan fingerprint density at radius 1 is 0.182 bits per heavy atom. The Kier molecular flexibility index (Phi) is 12.2. The molecule has 2 unspecified atom stereocenters. The molecule has 8 nitrogen and oxygen atoms in total. The average molecular weight is 1120 g/mol. The van der Waals surface area contributed by atoms with Crippen molar-refractivity contribution >= 4 is 21.8 Å². The third kappa shape index (κ3) is 8.93. The second kappa shape index (κ2) is 21.1. The van der Waals surface area contributed by atoms with Crippen LogP contribution in [0.5, 0.6) is 0 Å². The largest absolute Gasteiger partial charge is 0.228 e. The van der Waals surface area contributed by atoms with Crippen molar-refractivity contribution in [1.82, 2.24) is 39.9 Å². The molecule has 0 radical (unpaired) electrons. The van der Waals surface area contributed by atoms with Gasteiger partial charge in [-0.3, -0.25) is 0 Å². The van der Waals surface area contributed by atoms with Crippen LogP contribution in [0.15, 0.2) is 291 Å². The molecule has 88 heavy (non-hydrogen) atoms. The standard InChI is InChI=1S/C80H50N8/c1-5-19-51(20-6-1)75-63-29-15-17-31-67(63)81-79(87-75)55-37-33-49(34-38-55)69-47-71(85-77(83-69)53-23-9-3-10-24-53)57-41-43-61-65(45-57)73-59-27-13-14-28-60(59)74(61)66-46-58(42-44-62(66)73)72-48-70(84-78(86-72)54-25-11-4-12-26-54)50-35-39-56(40-36-50)80-82-68-32-18-16-30-64(68)76(88-80)52-21-7-2-8-22-52/h1-48,73-74H. The smallest absolute Gasteiger partial charge is 0.160 e. The molecule has 0 aliphatic heterocycles. The maximum atomic E-state index is 5.33. The van der Waals surface area contributed by atoms with Crippen molar-refractivity contribution in [2.24, 2.45) is 0 Å². The lowest BCUT2D eigenvalue weighted by atomic mass is 9.60. The van der Waals surface area contributed by atoms with Crippen LogP contribution in [0.25, 0.3) is 135 Å². The second-order valence-corrected chi connectivity index (χ2v) is 22.6. The molecule has 8 heteroatoms. The summed E-state index contributed by atoms with van der Waals surface area (Å²) in [5.41, 5.74) is 24.7. The summed E-state index contributed by atoms with van der Waals surface area (Å²) in [5.74, 6) is 2.70. The number of hydrogen-bond acceptors (Lipinski definition) is 8. The fourth-order valence-corrected chi connectivity index (χ4v) is 13.1. The molecular formula is C80H50N8. The summed E-state index contributed by atoms with van der Waals surface area (Å²) in [7, 11) is 0. The summed E-state index contributed by atoms with van der Waals surface area (Å²) in [4.78, 5) is 41.5. The summed E-state index contributed by atoms with van der Waals surface area (Å²) in [6.45, 7) is 0. The molecule has 4 aromatic heterocycles. The van der Waals surface area contributed by atoms with E-state index in [1.807, 2.05) is 97.1 Å². The maximum Gasteiger partial charge on any atom is 0.160 e. The van der Waals surface area contributed by atoms with Crippen LogP contribution in [-0.4, -0.2) is 39.9 Å². The molecule has 0 saturated carbocycles. The van der Waals surface area contributed by atoms with Gasteiger partial charge in [0.05, 0.1) is 45.2 Å². The van der Waals surface area contributed by atoms with E-state index in [1.54, 1.807) is 0 Å². The minimum absolute atomic E-state index is 0.0112. The molecule has 15 aromatic rings. The topological polar surface area (TPSA) is 103 Å². The monoisotopic (exact) mass is 1120 g/mol. The second-order valence-electron chi connectivity index (χ2n) is 22.6. The van der Waals surface area contributed by atoms with Gasteiger partial charge in [-0.25, -0.2) is 39.9 Å². The number of aromatic nitrogens is 8. The van der Waals surface area contributed by atoms with Crippen molar-refractivity contribution in [1.29, 1.82) is 0 Å². The Hall–Kier alpha value is -11.7. The molecule has 2 atom stereocenters. The Labute approximate surface area is 508 Å².